The van der Waals surface area contributed by atoms with Crippen LogP contribution in [0.3, 0.4) is 0 Å². The van der Waals surface area contributed by atoms with Crippen LogP contribution >= 0.6 is 11.6 Å². The molecule has 1 aliphatic rings. The van der Waals surface area contributed by atoms with E-state index in [1.54, 1.807) is 18.4 Å². The third kappa shape index (κ3) is 3.61. The van der Waals surface area contributed by atoms with Gasteiger partial charge in [0, 0.05) is 24.2 Å². The Morgan fingerprint density at radius 3 is 2.84 bits per heavy atom. The summed E-state index contributed by atoms with van der Waals surface area (Å²) in [6.07, 6.45) is 3.93. The molecular formula is C19H18ClN3O2. The number of rotatable bonds is 6. The number of H-pyrrole nitrogens is 1. The molecule has 0 bridgehead atoms. The van der Waals surface area contributed by atoms with Crippen molar-refractivity contribution < 1.29 is 9.21 Å². The van der Waals surface area contributed by atoms with E-state index in [9.17, 15) is 4.79 Å². The van der Waals surface area contributed by atoms with Gasteiger partial charge >= 0.3 is 0 Å². The molecule has 2 aromatic heterocycles. The first-order chi connectivity index (χ1) is 12.2. The van der Waals surface area contributed by atoms with Gasteiger partial charge in [0.1, 0.15) is 5.69 Å². The number of hydrogen-bond donors (Lipinski definition) is 1. The average Bonchev–Trinajstić information content (AvgIpc) is 3.09. The fourth-order valence-corrected chi connectivity index (χ4v) is 3.01. The average molecular weight is 356 g/mol. The van der Waals surface area contributed by atoms with E-state index in [-0.39, 0.29) is 5.91 Å². The van der Waals surface area contributed by atoms with Crippen LogP contribution in [-0.4, -0.2) is 27.5 Å². The van der Waals surface area contributed by atoms with Gasteiger partial charge in [0.2, 0.25) is 0 Å². The minimum absolute atomic E-state index is 0.0964. The van der Waals surface area contributed by atoms with Gasteiger partial charge in [-0.2, -0.15) is 5.10 Å². The highest BCUT2D eigenvalue weighted by Crippen LogP contribution is 2.31. The summed E-state index contributed by atoms with van der Waals surface area (Å²) in [4.78, 5) is 14.8. The van der Waals surface area contributed by atoms with Gasteiger partial charge in [0.05, 0.1) is 6.26 Å². The molecule has 5 nitrogen and oxygen atoms in total. The van der Waals surface area contributed by atoms with Crippen molar-refractivity contribution in [2.75, 3.05) is 6.54 Å². The van der Waals surface area contributed by atoms with Gasteiger partial charge in [-0.3, -0.25) is 9.89 Å². The summed E-state index contributed by atoms with van der Waals surface area (Å²) in [5, 5.41) is 7.72. The number of benzene rings is 1. The van der Waals surface area contributed by atoms with Crippen molar-refractivity contribution in [1.82, 2.24) is 15.1 Å². The maximum absolute atomic E-state index is 13.0. The van der Waals surface area contributed by atoms with Crippen LogP contribution in [-0.2, 0) is 6.54 Å². The minimum atomic E-state index is -0.0964. The second kappa shape index (κ2) is 6.76. The highest BCUT2D eigenvalue weighted by Gasteiger charge is 2.29. The van der Waals surface area contributed by atoms with Gasteiger partial charge in [-0.1, -0.05) is 29.8 Å². The van der Waals surface area contributed by atoms with Crippen molar-refractivity contribution in [2.45, 2.75) is 19.4 Å². The number of halogens is 1. The number of amides is 1. The Balaban J connectivity index is 1.56. The van der Waals surface area contributed by atoms with Crippen molar-refractivity contribution in [1.29, 1.82) is 0 Å². The highest BCUT2D eigenvalue weighted by atomic mass is 35.5. The first-order valence-corrected chi connectivity index (χ1v) is 8.70. The third-order valence-electron chi connectivity index (χ3n) is 4.37. The molecule has 25 heavy (non-hydrogen) atoms. The number of nitrogens with one attached hydrogen (secondary N) is 1. The standard InChI is InChI=1S/C19H18ClN3O2/c20-15-5-2-1-4-14(15)12-23(11-13-7-8-13)19(24)17-10-16(21-22-17)18-6-3-9-25-18/h1-6,9-10,13H,7-8,11-12H2,(H,21,22). The first kappa shape index (κ1) is 16.0. The van der Waals surface area contributed by atoms with Crippen LogP contribution in [0.2, 0.25) is 5.02 Å². The molecule has 1 saturated carbocycles. The van der Waals surface area contributed by atoms with Crippen LogP contribution in [0.5, 0.6) is 0 Å². The maximum Gasteiger partial charge on any atom is 0.274 e. The zero-order valence-electron chi connectivity index (χ0n) is 13.6. The van der Waals surface area contributed by atoms with E-state index in [4.69, 9.17) is 16.0 Å². The van der Waals surface area contributed by atoms with E-state index in [2.05, 4.69) is 10.2 Å². The fourth-order valence-electron chi connectivity index (χ4n) is 2.81. The Kier molecular flexibility index (Phi) is 4.32. The molecule has 0 unspecified atom stereocenters. The van der Waals surface area contributed by atoms with E-state index in [1.807, 2.05) is 35.2 Å². The summed E-state index contributed by atoms with van der Waals surface area (Å²) < 4.78 is 5.35. The van der Waals surface area contributed by atoms with Crippen LogP contribution in [0.1, 0.15) is 28.9 Å². The van der Waals surface area contributed by atoms with Crippen molar-refractivity contribution in [3.63, 3.8) is 0 Å². The van der Waals surface area contributed by atoms with E-state index < -0.39 is 0 Å². The van der Waals surface area contributed by atoms with Crippen LogP contribution in [0, 0.1) is 5.92 Å². The molecule has 128 valence electrons. The predicted molar refractivity (Wildman–Crippen MR) is 95.2 cm³/mol. The lowest BCUT2D eigenvalue weighted by atomic mass is 10.2. The lowest BCUT2D eigenvalue weighted by molar-refractivity contribution is 0.0729. The largest absolute Gasteiger partial charge is 0.463 e. The van der Waals surface area contributed by atoms with E-state index in [1.165, 1.54) is 12.8 Å². The Labute approximate surface area is 150 Å². The molecule has 1 N–H and O–H groups in total. The summed E-state index contributed by atoms with van der Waals surface area (Å²) in [5.74, 6) is 1.14. The van der Waals surface area contributed by atoms with Gasteiger partial charge in [0.15, 0.2) is 11.5 Å². The summed E-state index contributed by atoms with van der Waals surface area (Å²) in [6, 6.07) is 13.0. The van der Waals surface area contributed by atoms with Gasteiger partial charge in [-0.15, -0.1) is 0 Å². The molecular weight excluding hydrogens is 338 g/mol. The Morgan fingerprint density at radius 2 is 2.12 bits per heavy atom. The van der Waals surface area contributed by atoms with Crippen molar-refractivity contribution in [3.8, 4) is 11.5 Å². The molecule has 1 aromatic carbocycles. The molecule has 0 saturated heterocycles. The van der Waals surface area contributed by atoms with E-state index in [0.29, 0.717) is 34.6 Å². The maximum atomic E-state index is 13.0. The zero-order chi connectivity index (χ0) is 17.2. The minimum Gasteiger partial charge on any atom is -0.463 e. The molecule has 1 amide bonds. The van der Waals surface area contributed by atoms with Crippen LogP contribution in [0.4, 0.5) is 0 Å². The van der Waals surface area contributed by atoms with Crippen LogP contribution < -0.4 is 0 Å². The van der Waals surface area contributed by atoms with Crippen molar-refractivity contribution in [2.24, 2.45) is 5.92 Å². The number of aromatic nitrogens is 2. The Morgan fingerprint density at radius 1 is 1.28 bits per heavy atom. The summed E-state index contributed by atoms with van der Waals surface area (Å²) in [6.45, 7) is 1.21. The Bertz CT molecular complexity index is 868. The van der Waals surface area contributed by atoms with Gasteiger partial charge in [-0.05, 0) is 42.5 Å². The highest BCUT2D eigenvalue weighted by molar-refractivity contribution is 6.31. The van der Waals surface area contributed by atoms with Crippen LogP contribution in [0.25, 0.3) is 11.5 Å². The van der Waals surface area contributed by atoms with Crippen molar-refractivity contribution >= 4 is 17.5 Å². The van der Waals surface area contributed by atoms with Crippen LogP contribution in [0.15, 0.2) is 53.1 Å². The topological polar surface area (TPSA) is 62.1 Å². The summed E-state index contributed by atoms with van der Waals surface area (Å²) in [5.41, 5.74) is 2.02. The lowest BCUT2D eigenvalue weighted by Gasteiger charge is -2.22. The number of carbonyl (C=O) groups excluding carboxylic acids is 1. The number of carbonyl (C=O) groups is 1. The monoisotopic (exact) mass is 355 g/mol. The zero-order valence-corrected chi connectivity index (χ0v) is 14.4. The molecule has 0 radical (unpaired) electrons. The molecule has 1 aliphatic carbocycles. The molecule has 0 spiro atoms. The number of nitrogens with zero attached hydrogens (tertiary/aromatic N) is 2. The van der Waals surface area contributed by atoms with Gasteiger partial charge in [0.25, 0.3) is 5.91 Å². The molecule has 0 aliphatic heterocycles. The van der Waals surface area contributed by atoms with Gasteiger partial charge < -0.3 is 9.32 Å². The van der Waals surface area contributed by atoms with Gasteiger partial charge in [-0.25, -0.2) is 0 Å². The third-order valence-corrected chi connectivity index (χ3v) is 4.73. The number of furan rings is 1. The quantitative estimate of drug-likeness (QED) is 0.713. The summed E-state index contributed by atoms with van der Waals surface area (Å²) >= 11 is 6.27. The molecule has 0 atom stereocenters. The molecule has 6 heteroatoms. The first-order valence-electron chi connectivity index (χ1n) is 8.32. The molecule has 1 fully saturated rings. The van der Waals surface area contributed by atoms with E-state index >= 15 is 0 Å². The van der Waals surface area contributed by atoms with E-state index in [0.717, 1.165) is 12.1 Å². The predicted octanol–water partition coefficient (Wildman–Crippen LogP) is 4.38. The second-order valence-corrected chi connectivity index (χ2v) is 6.77. The Hall–Kier alpha value is -2.53. The summed E-state index contributed by atoms with van der Waals surface area (Å²) in [7, 11) is 0. The smallest absolute Gasteiger partial charge is 0.274 e. The van der Waals surface area contributed by atoms with Crippen molar-refractivity contribution in [3.05, 3.63) is 65.0 Å². The number of hydrogen-bond acceptors (Lipinski definition) is 3. The fraction of sp³-hybridized carbons (Fsp3) is 0.263. The normalized spacial score (nSPS) is 13.8. The second-order valence-electron chi connectivity index (χ2n) is 6.36. The lowest BCUT2D eigenvalue weighted by Crippen LogP contribution is -2.32. The number of aromatic amines is 1. The molecule has 3 aromatic rings. The molecule has 4 rings (SSSR count). The molecule has 2 heterocycles. The SMILES string of the molecule is O=C(c1cc(-c2ccco2)[nH]n1)N(Cc1ccccc1Cl)CC1CC1.